The molecule has 0 atom stereocenters. The second-order valence-corrected chi connectivity index (χ2v) is 6.60. The SMILES string of the molecule is C/C=C/CNc1cc(C(=O)O)cc(S(N)(=O)=O)c1Oc1ccccc1. The molecule has 7 nitrogen and oxygen atoms in total. The Labute approximate surface area is 145 Å². The lowest BCUT2D eigenvalue weighted by molar-refractivity contribution is 0.0696. The van der Waals surface area contributed by atoms with Crippen LogP contribution in [0.5, 0.6) is 11.5 Å². The van der Waals surface area contributed by atoms with Crippen LogP contribution < -0.4 is 15.2 Å². The summed E-state index contributed by atoms with van der Waals surface area (Å²) in [5.41, 5.74) is -0.00158. The zero-order valence-electron chi connectivity index (χ0n) is 13.5. The van der Waals surface area contributed by atoms with Crippen molar-refractivity contribution in [3.63, 3.8) is 0 Å². The normalized spacial score (nSPS) is 11.4. The molecule has 0 amide bonds. The number of carboxylic acids is 1. The summed E-state index contributed by atoms with van der Waals surface area (Å²) in [7, 11) is -4.21. The number of primary sulfonamides is 1. The number of para-hydroxylation sites is 1. The Morgan fingerprint density at radius 2 is 1.96 bits per heavy atom. The number of carbonyl (C=O) groups is 1. The van der Waals surface area contributed by atoms with E-state index in [4.69, 9.17) is 9.88 Å². The van der Waals surface area contributed by atoms with Crippen LogP contribution in [0.15, 0.2) is 59.5 Å². The van der Waals surface area contributed by atoms with Gasteiger partial charge in [-0.1, -0.05) is 30.4 Å². The molecule has 0 spiro atoms. The van der Waals surface area contributed by atoms with Gasteiger partial charge in [-0.15, -0.1) is 0 Å². The van der Waals surface area contributed by atoms with E-state index in [1.54, 1.807) is 42.5 Å². The highest BCUT2D eigenvalue weighted by atomic mass is 32.2. The first-order chi connectivity index (χ1) is 11.8. The van der Waals surface area contributed by atoms with E-state index >= 15 is 0 Å². The first kappa shape index (κ1) is 18.5. The Balaban J connectivity index is 2.63. The van der Waals surface area contributed by atoms with Crippen LogP contribution in [-0.2, 0) is 10.0 Å². The Bertz CT molecular complexity index is 893. The highest BCUT2D eigenvalue weighted by Gasteiger charge is 2.23. The van der Waals surface area contributed by atoms with Gasteiger partial charge >= 0.3 is 5.97 Å². The minimum atomic E-state index is -4.21. The topological polar surface area (TPSA) is 119 Å². The van der Waals surface area contributed by atoms with Crippen molar-refractivity contribution < 1.29 is 23.1 Å². The first-order valence-electron chi connectivity index (χ1n) is 7.35. The van der Waals surface area contributed by atoms with Crippen molar-refractivity contribution >= 4 is 21.7 Å². The molecule has 4 N–H and O–H groups in total. The number of aromatic carboxylic acids is 1. The molecule has 0 bridgehead atoms. The number of ether oxygens (including phenoxy) is 1. The molecule has 0 fully saturated rings. The predicted molar refractivity (Wildman–Crippen MR) is 94.6 cm³/mol. The number of hydrogen-bond donors (Lipinski definition) is 3. The Hall–Kier alpha value is -2.84. The standard InChI is InChI=1S/C17H18N2O5S/c1-2-3-9-19-14-10-12(17(20)21)11-15(25(18,22)23)16(14)24-13-7-5-4-6-8-13/h2-8,10-11,19H,9H2,1H3,(H,20,21)(H2,18,22,23)/b3-2+. The van der Waals surface area contributed by atoms with Crippen LogP contribution in [-0.4, -0.2) is 26.0 Å². The van der Waals surface area contributed by atoms with E-state index in [-0.39, 0.29) is 17.0 Å². The smallest absolute Gasteiger partial charge is 0.335 e. The highest BCUT2D eigenvalue weighted by Crippen LogP contribution is 2.37. The average molecular weight is 362 g/mol. The van der Waals surface area contributed by atoms with E-state index in [0.29, 0.717) is 12.3 Å². The lowest BCUT2D eigenvalue weighted by atomic mass is 10.2. The minimum absolute atomic E-state index is 0.0526. The van der Waals surface area contributed by atoms with Gasteiger partial charge < -0.3 is 15.2 Å². The summed E-state index contributed by atoms with van der Waals surface area (Å²) in [5, 5.41) is 17.4. The maximum absolute atomic E-state index is 12.0. The molecule has 132 valence electrons. The van der Waals surface area contributed by atoms with Gasteiger partial charge in [0, 0.05) is 6.54 Å². The average Bonchev–Trinajstić information content (AvgIpc) is 2.56. The van der Waals surface area contributed by atoms with Gasteiger partial charge in [-0.2, -0.15) is 0 Å². The monoisotopic (exact) mass is 362 g/mol. The molecule has 0 saturated heterocycles. The van der Waals surface area contributed by atoms with Crippen molar-refractivity contribution in [3.05, 3.63) is 60.2 Å². The number of sulfonamides is 1. The lowest BCUT2D eigenvalue weighted by Crippen LogP contribution is -2.16. The van der Waals surface area contributed by atoms with Gasteiger partial charge in [0.2, 0.25) is 10.0 Å². The minimum Gasteiger partial charge on any atom is -0.478 e. The maximum Gasteiger partial charge on any atom is 0.335 e. The molecule has 25 heavy (non-hydrogen) atoms. The van der Waals surface area contributed by atoms with Crippen molar-refractivity contribution in [2.24, 2.45) is 5.14 Å². The van der Waals surface area contributed by atoms with Crippen molar-refractivity contribution in [1.29, 1.82) is 0 Å². The molecule has 0 radical (unpaired) electrons. The van der Waals surface area contributed by atoms with Gasteiger partial charge in [0.05, 0.1) is 11.3 Å². The van der Waals surface area contributed by atoms with Gasteiger partial charge in [-0.25, -0.2) is 18.4 Å². The lowest BCUT2D eigenvalue weighted by Gasteiger charge is -2.16. The molecule has 8 heteroatoms. The number of anilines is 1. The van der Waals surface area contributed by atoms with Crippen LogP contribution in [0.25, 0.3) is 0 Å². The van der Waals surface area contributed by atoms with Gasteiger partial charge in [-0.05, 0) is 31.2 Å². The molecule has 0 aliphatic heterocycles. The molecule has 0 unspecified atom stereocenters. The van der Waals surface area contributed by atoms with Gasteiger partial charge in [0.1, 0.15) is 10.6 Å². The highest BCUT2D eigenvalue weighted by molar-refractivity contribution is 7.89. The number of nitrogens with two attached hydrogens (primary N) is 1. The number of carboxylic acid groups (broad SMARTS) is 1. The second kappa shape index (κ2) is 7.82. The Morgan fingerprint density at radius 1 is 1.28 bits per heavy atom. The predicted octanol–water partition coefficient (Wildman–Crippen LogP) is 2.81. The molecule has 0 aliphatic rings. The number of allylic oxidation sites excluding steroid dienone is 1. The maximum atomic E-state index is 12.0. The van der Waals surface area contributed by atoms with Crippen LogP contribution >= 0.6 is 0 Å². The van der Waals surface area contributed by atoms with Crippen LogP contribution in [0, 0.1) is 0 Å². The molecule has 0 saturated carbocycles. The van der Waals surface area contributed by atoms with Crippen LogP contribution in [0.2, 0.25) is 0 Å². The third-order valence-electron chi connectivity index (χ3n) is 3.22. The third kappa shape index (κ3) is 4.82. The fourth-order valence-corrected chi connectivity index (χ4v) is 2.77. The van der Waals surface area contributed by atoms with Gasteiger partial charge in [-0.3, -0.25) is 0 Å². The number of benzene rings is 2. The Kier molecular flexibility index (Phi) is 5.79. The van der Waals surface area contributed by atoms with Crippen molar-refractivity contribution in [3.8, 4) is 11.5 Å². The number of hydrogen-bond acceptors (Lipinski definition) is 5. The molecule has 0 heterocycles. The fourth-order valence-electron chi connectivity index (χ4n) is 2.07. The van der Waals surface area contributed by atoms with E-state index < -0.39 is 20.9 Å². The van der Waals surface area contributed by atoms with E-state index in [2.05, 4.69) is 5.32 Å². The fraction of sp³-hybridized carbons (Fsp3) is 0.118. The summed E-state index contributed by atoms with van der Waals surface area (Å²) in [4.78, 5) is 10.9. The number of rotatable bonds is 7. The van der Waals surface area contributed by atoms with Crippen molar-refractivity contribution in [1.82, 2.24) is 0 Å². The largest absolute Gasteiger partial charge is 0.478 e. The molecule has 2 aromatic carbocycles. The quantitative estimate of drug-likeness (QED) is 0.652. The molecule has 2 aromatic rings. The zero-order chi connectivity index (χ0) is 18.4. The van der Waals surface area contributed by atoms with E-state index in [1.165, 1.54) is 6.07 Å². The summed E-state index contributed by atoms with van der Waals surface area (Å²) < 4.78 is 29.6. The van der Waals surface area contributed by atoms with Crippen LogP contribution in [0.4, 0.5) is 5.69 Å². The van der Waals surface area contributed by atoms with Gasteiger partial charge in [0.15, 0.2) is 5.75 Å². The molecule has 0 aromatic heterocycles. The number of nitrogens with one attached hydrogen (secondary N) is 1. The van der Waals surface area contributed by atoms with Crippen molar-refractivity contribution in [2.45, 2.75) is 11.8 Å². The second-order valence-electron chi connectivity index (χ2n) is 5.07. The third-order valence-corrected chi connectivity index (χ3v) is 4.13. The molecular weight excluding hydrogens is 344 g/mol. The summed E-state index contributed by atoms with van der Waals surface area (Å²) >= 11 is 0. The first-order valence-corrected chi connectivity index (χ1v) is 8.89. The van der Waals surface area contributed by atoms with Crippen LogP contribution in [0.3, 0.4) is 0 Å². The Morgan fingerprint density at radius 3 is 2.52 bits per heavy atom. The van der Waals surface area contributed by atoms with Crippen LogP contribution in [0.1, 0.15) is 17.3 Å². The zero-order valence-corrected chi connectivity index (χ0v) is 14.3. The van der Waals surface area contributed by atoms with Gasteiger partial charge in [0.25, 0.3) is 0 Å². The molecule has 0 aliphatic carbocycles. The summed E-state index contributed by atoms with van der Waals surface area (Å²) in [6, 6.07) is 10.8. The van der Waals surface area contributed by atoms with E-state index in [1.807, 2.05) is 6.92 Å². The summed E-state index contributed by atoms with van der Waals surface area (Å²) in [5.74, 6) is -0.932. The van der Waals surface area contributed by atoms with E-state index in [9.17, 15) is 18.3 Å². The van der Waals surface area contributed by atoms with E-state index in [0.717, 1.165) is 6.07 Å². The van der Waals surface area contributed by atoms with Crippen molar-refractivity contribution in [2.75, 3.05) is 11.9 Å². The summed E-state index contributed by atoms with van der Waals surface area (Å²) in [6.45, 7) is 2.18. The molecule has 2 rings (SSSR count). The molecular formula is C17H18N2O5S. The summed E-state index contributed by atoms with van der Waals surface area (Å²) in [6.07, 6.45) is 3.59.